The van der Waals surface area contributed by atoms with Crippen LogP contribution in [-0.4, -0.2) is 43.3 Å². The van der Waals surface area contributed by atoms with E-state index in [0.717, 1.165) is 5.56 Å². The van der Waals surface area contributed by atoms with Crippen molar-refractivity contribution in [3.05, 3.63) is 90.5 Å². The average molecular weight is 536 g/mol. The highest BCUT2D eigenvalue weighted by Crippen LogP contribution is 2.38. The van der Waals surface area contributed by atoms with Crippen LogP contribution in [0.1, 0.15) is 40.2 Å². The molecule has 4 rings (SSSR count). The Kier molecular flexibility index (Phi) is 8.31. The monoisotopic (exact) mass is 535 g/mol. The molecule has 3 aromatic carbocycles. The summed E-state index contributed by atoms with van der Waals surface area (Å²) >= 11 is 0. The summed E-state index contributed by atoms with van der Waals surface area (Å²) in [5, 5.41) is 2.26. The van der Waals surface area contributed by atoms with Crippen LogP contribution in [0.3, 0.4) is 0 Å². The van der Waals surface area contributed by atoms with E-state index in [1.165, 1.54) is 10.4 Å². The van der Waals surface area contributed by atoms with Gasteiger partial charge in [0.2, 0.25) is 0 Å². The number of hydrogen-bond donors (Lipinski definition) is 0. The second kappa shape index (κ2) is 11.1. The highest BCUT2D eigenvalue weighted by Gasteiger charge is 2.51. The molecule has 0 spiro atoms. The van der Waals surface area contributed by atoms with Crippen molar-refractivity contribution in [3.63, 3.8) is 0 Å². The number of aryl methyl sites for hydroxylation is 1. The molecule has 7 heteroatoms. The van der Waals surface area contributed by atoms with Crippen molar-refractivity contribution in [2.45, 2.75) is 69.5 Å². The molecule has 0 bridgehead atoms. The number of ether oxygens (including phenoxy) is 2. The van der Waals surface area contributed by atoms with Gasteiger partial charge in [-0.05, 0) is 48.3 Å². The number of nitrogens with zero attached hydrogens (tertiary/aromatic N) is 1. The van der Waals surface area contributed by atoms with Gasteiger partial charge in [0.05, 0.1) is 11.5 Å². The van der Waals surface area contributed by atoms with Crippen molar-refractivity contribution in [3.8, 4) is 0 Å². The topological polar surface area (TPSA) is 57.1 Å². The summed E-state index contributed by atoms with van der Waals surface area (Å²) in [6.07, 6.45) is 0.738. The lowest BCUT2D eigenvalue weighted by molar-refractivity contribution is -0.144. The summed E-state index contributed by atoms with van der Waals surface area (Å²) in [5.41, 5.74) is 1.11. The zero-order valence-electron chi connectivity index (χ0n) is 22.5. The van der Waals surface area contributed by atoms with Gasteiger partial charge in [0.15, 0.2) is 16.8 Å². The Hall–Kier alpha value is -2.42. The Morgan fingerprint density at radius 1 is 0.919 bits per heavy atom. The third-order valence-corrected chi connectivity index (χ3v) is 12.6. The van der Waals surface area contributed by atoms with Crippen LogP contribution in [0.2, 0.25) is 5.04 Å². The Labute approximate surface area is 224 Å². The third-order valence-electron chi connectivity index (χ3n) is 6.63. The van der Waals surface area contributed by atoms with Crippen molar-refractivity contribution in [1.29, 1.82) is 0 Å². The lowest BCUT2D eigenvalue weighted by atomic mass is 10.2. The molecule has 0 N–H and O–H groups in total. The fourth-order valence-electron chi connectivity index (χ4n) is 4.92. The molecule has 0 unspecified atom stereocenters. The quantitative estimate of drug-likeness (QED) is 0.294. The molecule has 37 heavy (non-hydrogen) atoms. The number of hydrogen-bond acceptors (Lipinski definition) is 4. The standard InChI is InChI=1S/C30H37NO4SSi/c1-23-17-19-24(20-18-23)36(32)31-21-27-28(35-30(5,6)34-27)22-33-37(29(2,3)4,25-13-9-7-10-14-25)26-15-11-8-12-16-26/h7-21,27-28H,22H2,1-6H3/b31-21+/t27-,28-,36+/m0/s1. The summed E-state index contributed by atoms with van der Waals surface area (Å²) in [6.45, 7) is 12.8. The van der Waals surface area contributed by atoms with E-state index < -0.39 is 37.3 Å². The zero-order chi connectivity index (χ0) is 26.7. The van der Waals surface area contributed by atoms with Gasteiger partial charge in [-0.3, -0.25) is 0 Å². The molecule has 0 aliphatic carbocycles. The molecule has 0 aromatic heterocycles. The molecule has 3 aromatic rings. The molecular formula is C30H37NO4SSi. The van der Waals surface area contributed by atoms with E-state index in [1.807, 2.05) is 57.2 Å². The first-order valence-corrected chi connectivity index (χ1v) is 15.7. The summed E-state index contributed by atoms with van der Waals surface area (Å²) in [4.78, 5) is 0.653. The van der Waals surface area contributed by atoms with Crippen molar-refractivity contribution < 1.29 is 18.1 Å². The molecule has 0 amide bonds. The summed E-state index contributed by atoms with van der Waals surface area (Å²) < 4.78 is 36.6. The van der Waals surface area contributed by atoms with Gasteiger partial charge in [0, 0.05) is 6.21 Å². The van der Waals surface area contributed by atoms with Crippen LogP contribution in [0, 0.1) is 6.92 Å². The first kappa shape index (κ1) is 27.6. The fraction of sp³-hybridized carbons (Fsp3) is 0.367. The van der Waals surface area contributed by atoms with Gasteiger partial charge >= 0.3 is 0 Å². The van der Waals surface area contributed by atoms with E-state index in [1.54, 1.807) is 6.21 Å². The van der Waals surface area contributed by atoms with E-state index in [9.17, 15) is 4.21 Å². The Morgan fingerprint density at radius 2 is 1.46 bits per heavy atom. The molecule has 1 saturated heterocycles. The number of benzene rings is 3. The van der Waals surface area contributed by atoms with Crippen molar-refractivity contribution in [2.24, 2.45) is 4.40 Å². The molecule has 196 valence electrons. The summed E-state index contributed by atoms with van der Waals surface area (Å²) in [5.74, 6) is -0.804. The highest BCUT2D eigenvalue weighted by molar-refractivity contribution is 7.83. The SMILES string of the molecule is Cc1ccc([S@@](=O)/N=C/[C@@H]2OC(C)(C)O[C@H]2CO[Si](c2ccccc2)(c2ccccc2)C(C)(C)C)cc1. The largest absolute Gasteiger partial charge is 0.405 e. The Balaban J connectivity index is 1.63. The number of rotatable bonds is 8. The molecule has 5 nitrogen and oxygen atoms in total. The van der Waals surface area contributed by atoms with Gasteiger partial charge in [-0.2, -0.15) is 4.40 Å². The van der Waals surface area contributed by atoms with Gasteiger partial charge < -0.3 is 13.9 Å². The maximum absolute atomic E-state index is 12.8. The molecule has 1 fully saturated rings. The van der Waals surface area contributed by atoms with Crippen LogP contribution in [0.4, 0.5) is 0 Å². The van der Waals surface area contributed by atoms with Gasteiger partial charge in [-0.15, -0.1) is 0 Å². The molecule has 1 aliphatic rings. The first-order valence-electron chi connectivity index (χ1n) is 12.7. The van der Waals surface area contributed by atoms with Crippen LogP contribution in [0.5, 0.6) is 0 Å². The zero-order valence-corrected chi connectivity index (χ0v) is 24.3. The van der Waals surface area contributed by atoms with Gasteiger partial charge in [0.25, 0.3) is 8.32 Å². The fourth-order valence-corrected chi connectivity index (χ4v) is 10.2. The van der Waals surface area contributed by atoms with Crippen LogP contribution < -0.4 is 10.4 Å². The molecular weight excluding hydrogens is 498 g/mol. The van der Waals surface area contributed by atoms with E-state index in [0.29, 0.717) is 11.5 Å². The maximum atomic E-state index is 12.8. The lowest BCUT2D eigenvalue weighted by Gasteiger charge is -2.43. The second-order valence-corrected chi connectivity index (χ2v) is 16.4. The molecule has 1 aliphatic heterocycles. The summed E-state index contributed by atoms with van der Waals surface area (Å²) in [7, 11) is -4.26. The van der Waals surface area contributed by atoms with E-state index in [4.69, 9.17) is 13.9 Å². The normalized spacial score (nSPS) is 20.8. The second-order valence-electron chi connectivity index (χ2n) is 10.9. The van der Waals surface area contributed by atoms with Gasteiger partial charge in [-0.25, -0.2) is 4.21 Å². The van der Waals surface area contributed by atoms with Crippen LogP contribution in [-0.2, 0) is 24.9 Å². The van der Waals surface area contributed by atoms with Crippen LogP contribution >= 0.6 is 0 Å². The minimum Gasteiger partial charge on any atom is -0.405 e. The minimum absolute atomic E-state index is 0.152. The predicted octanol–water partition coefficient (Wildman–Crippen LogP) is 5.19. The van der Waals surface area contributed by atoms with Crippen molar-refractivity contribution in [2.75, 3.05) is 6.61 Å². The van der Waals surface area contributed by atoms with Crippen LogP contribution in [0.25, 0.3) is 0 Å². The Morgan fingerprint density at radius 3 is 1.97 bits per heavy atom. The lowest BCUT2D eigenvalue weighted by Crippen LogP contribution is -2.67. The summed E-state index contributed by atoms with van der Waals surface area (Å²) in [6, 6.07) is 28.6. The molecule has 0 radical (unpaired) electrons. The molecule has 1 heterocycles. The third kappa shape index (κ3) is 6.18. The van der Waals surface area contributed by atoms with Gasteiger partial charge in [-0.1, -0.05) is 99.1 Å². The van der Waals surface area contributed by atoms with E-state index >= 15 is 0 Å². The highest BCUT2D eigenvalue weighted by atomic mass is 32.2. The molecule has 0 saturated carbocycles. The van der Waals surface area contributed by atoms with E-state index in [-0.39, 0.29) is 5.04 Å². The maximum Gasteiger partial charge on any atom is 0.261 e. The Bertz CT molecular complexity index is 1180. The van der Waals surface area contributed by atoms with Crippen molar-refractivity contribution in [1.82, 2.24) is 0 Å². The first-order chi connectivity index (χ1) is 17.5. The average Bonchev–Trinajstić information content (AvgIpc) is 3.17. The van der Waals surface area contributed by atoms with Gasteiger partial charge in [0.1, 0.15) is 12.2 Å². The minimum atomic E-state index is -2.74. The van der Waals surface area contributed by atoms with Crippen molar-refractivity contribution >= 4 is 35.9 Å². The molecule has 3 atom stereocenters. The predicted molar refractivity (Wildman–Crippen MR) is 153 cm³/mol. The van der Waals surface area contributed by atoms with E-state index in [2.05, 4.69) is 73.7 Å². The van der Waals surface area contributed by atoms with Crippen LogP contribution in [0.15, 0.2) is 94.2 Å². The smallest absolute Gasteiger partial charge is 0.261 e.